The van der Waals surface area contributed by atoms with Gasteiger partial charge in [-0.2, -0.15) is 18.3 Å². The van der Waals surface area contributed by atoms with Crippen LogP contribution in [-0.4, -0.2) is 38.1 Å². The summed E-state index contributed by atoms with van der Waals surface area (Å²) in [5, 5.41) is 10.2. The molecule has 0 radical (unpaired) electrons. The van der Waals surface area contributed by atoms with Crippen molar-refractivity contribution in [2.75, 3.05) is 11.9 Å². The number of aromatic nitrogens is 4. The lowest BCUT2D eigenvalue weighted by molar-refractivity contribution is -0.137. The molecule has 1 aliphatic heterocycles. The zero-order valence-electron chi connectivity index (χ0n) is 16.1. The second-order valence-electron chi connectivity index (χ2n) is 7.39. The van der Waals surface area contributed by atoms with Crippen molar-refractivity contribution >= 4 is 17.4 Å². The summed E-state index contributed by atoms with van der Waals surface area (Å²) in [6, 6.07) is 8.04. The SMILES string of the molecule is O=C1N[C@H](CNc2ccc(C(F)(F)F)cn2)C[C@@H]1CCCc1cccc2ncnn12. The second-order valence-corrected chi connectivity index (χ2v) is 7.39. The Morgan fingerprint density at radius 3 is 2.83 bits per heavy atom. The molecule has 4 rings (SSSR count). The highest BCUT2D eigenvalue weighted by Gasteiger charge is 2.32. The summed E-state index contributed by atoms with van der Waals surface area (Å²) >= 11 is 0. The van der Waals surface area contributed by atoms with E-state index in [1.807, 2.05) is 18.2 Å². The Balaban J connectivity index is 1.24. The van der Waals surface area contributed by atoms with Crippen LogP contribution >= 0.6 is 0 Å². The Bertz CT molecular complexity index is 1020. The minimum atomic E-state index is -4.41. The molecule has 2 N–H and O–H groups in total. The van der Waals surface area contributed by atoms with E-state index in [1.54, 1.807) is 4.52 Å². The number of carbonyl (C=O) groups excluding carboxylic acids is 1. The number of halogens is 3. The smallest absolute Gasteiger partial charge is 0.368 e. The van der Waals surface area contributed by atoms with Crippen LogP contribution in [0.3, 0.4) is 0 Å². The largest absolute Gasteiger partial charge is 0.417 e. The van der Waals surface area contributed by atoms with Gasteiger partial charge in [0.2, 0.25) is 5.91 Å². The van der Waals surface area contributed by atoms with Gasteiger partial charge in [0.15, 0.2) is 5.65 Å². The number of aryl methyl sites for hydroxylation is 1. The molecular formula is C20H21F3N6O. The van der Waals surface area contributed by atoms with Crippen molar-refractivity contribution in [1.82, 2.24) is 24.9 Å². The maximum absolute atomic E-state index is 12.6. The zero-order valence-corrected chi connectivity index (χ0v) is 16.1. The van der Waals surface area contributed by atoms with Gasteiger partial charge in [-0.05, 0) is 49.9 Å². The number of alkyl halides is 3. The fourth-order valence-corrected chi connectivity index (χ4v) is 3.73. The Hall–Kier alpha value is -3.17. The Labute approximate surface area is 170 Å². The molecule has 0 bridgehead atoms. The van der Waals surface area contributed by atoms with Crippen molar-refractivity contribution in [1.29, 1.82) is 0 Å². The van der Waals surface area contributed by atoms with Crippen LogP contribution < -0.4 is 10.6 Å². The third-order valence-corrected chi connectivity index (χ3v) is 5.27. The molecule has 10 heteroatoms. The fourth-order valence-electron chi connectivity index (χ4n) is 3.73. The first kappa shape index (κ1) is 20.1. The van der Waals surface area contributed by atoms with E-state index >= 15 is 0 Å². The summed E-state index contributed by atoms with van der Waals surface area (Å²) < 4.78 is 39.6. The molecule has 0 saturated carbocycles. The minimum absolute atomic E-state index is 0.0149. The van der Waals surface area contributed by atoms with Crippen LogP contribution in [0.15, 0.2) is 42.9 Å². The van der Waals surface area contributed by atoms with E-state index in [4.69, 9.17) is 0 Å². The van der Waals surface area contributed by atoms with Crippen molar-refractivity contribution < 1.29 is 18.0 Å². The van der Waals surface area contributed by atoms with Gasteiger partial charge >= 0.3 is 6.18 Å². The summed E-state index contributed by atoms with van der Waals surface area (Å²) in [4.78, 5) is 20.2. The first-order valence-electron chi connectivity index (χ1n) is 9.75. The molecule has 1 amide bonds. The van der Waals surface area contributed by atoms with Crippen LogP contribution in [0.5, 0.6) is 0 Å². The number of rotatable bonds is 7. The molecule has 1 fully saturated rings. The van der Waals surface area contributed by atoms with Crippen molar-refractivity contribution in [3.05, 3.63) is 54.1 Å². The molecule has 0 unspecified atom stereocenters. The van der Waals surface area contributed by atoms with Crippen LogP contribution in [0.25, 0.3) is 5.65 Å². The van der Waals surface area contributed by atoms with Crippen LogP contribution in [0.1, 0.15) is 30.5 Å². The number of hydrogen-bond acceptors (Lipinski definition) is 5. The van der Waals surface area contributed by atoms with Crippen LogP contribution in [0.4, 0.5) is 19.0 Å². The van der Waals surface area contributed by atoms with Gasteiger partial charge in [-0.15, -0.1) is 0 Å². The van der Waals surface area contributed by atoms with Crippen LogP contribution in [-0.2, 0) is 17.4 Å². The van der Waals surface area contributed by atoms with E-state index in [9.17, 15) is 18.0 Å². The molecule has 0 aromatic carbocycles. The maximum atomic E-state index is 12.6. The van der Waals surface area contributed by atoms with Crippen LogP contribution in [0, 0.1) is 5.92 Å². The number of hydrogen-bond donors (Lipinski definition) is 2. The van der Waals surface area contributed by atoms with Gasteiger partial charge in [-0.25, -0.2) is 14.5 Å². The number of amides is 1. The van der Waals surface area contributed by atoms with Crippen LogP contribution in [0.2, 0.25) is 0 Å². The molecule has 7 nitrogen and oxygen atoms in total. The van der Waals surface area contributed by atoms with E-state index < -0.39 is 11.7 Å². The molecular weight excluding hydrogens is 397 g/mol. The molecule has 1 aliphatic rings. The Kier molecular flexibility index (Phi) is 5.56. The molecule has 0 spiro atoms. The van der Waals surface area contributed by atoms with E-state index in [0.717, 1.165) is 42.9 Å². The summed E-state index contributed by atoms with van der Waals surface area (Å²) in [5.41, 5.74) is 1.06. The molecule has 3 aromatic rings. The third kappa shape index (κ3) is 4.52. The highest BCUT2D eigenvalue weighted by atomic mass is 19.4. The first-order valence-corrected chi connectivity index (χ1v) is 9.75. The predicted octanol–water partition coefficient (Wildman–Crippen LogP) is 3.08. The number of fused-ring (bicyclic) bond motifs is 1. The van der Waals surface area contributed by atoms with Gasteiger partial charge < -0.3 is 10.6 Å². The maximum Gasteiger partial charge on any atom is 0.417 e. The summed E-state index contributed by atoms with van der Waals surface area (Å²) in [6.45, 7) is 0.416. The number of nitrogens with zero attached hydrogens (tertiary/aromatic N) is 4. The fraction of sp³-hybridized carbons (Fsp3) is 0.400. The van der Waals surface area contributed by atoms with Gasteiger partial charge in [0.25, 0.3) is 0 Å². The van der Waals surface area contributed by atoms with Gasteiger partial charge in [-0.3, -0.25) is 4.79 Å². The van der Waals surface area contributed by atoms with Crippen molar-refractivity contribution in [3.63, 3.8) is 0 Å². The zero-order chi connectivity index (χ0) is 21.1. The van der Waals surface area contributed by atoms with Gasteiger partial charge in [0.1, 0.15) is 12.1 Å². The monoisotopic (exact) mass is 418 g/mol. The van der Waals surface area contributed by atoms with Crippen molar-refractivity contribution in [2.45, 2.75) is 37.9 Å². The Morgan fingerprint density at radius 1 is 1.20 bits per heavy atom. The topological polar surface area (TPSA) is 84.2 Å². The summed E-state index contributed by atoms with van der Waals surface area (Å²) in [7, 11) is 0. The van der Waals surface area contributed by atoms with E-state index in [1.165, 1.54) is 12.4 Å². The number of carbonyl (C=O) groups is 1. The van der Waals surface area contributed by atoms with E-state index in [2.05, 4.69) is 25.7 Å². The molecule has 158 valence electrons. The summed E-state index contributed by atoms with van der Waals surface area (Å²) in [6.07, 6.45) is 0.991. The lowest BCUT2D eigenvalue weighted by atomic mass is 9.97. The highest BCUT2D eigenvalue weighted by Crippen LogP contribution is 2.29. The molecule has 0 aliphatic carbocycles. The average molecular weight is 418 g/mol. The molecule has 30 heavy (non-hydrogen) atoms. The number of anilines is 1. The first-order chi connectivity index (χ1) is 14.4. The molecule has 3 aromatic heterocycles. The lowest BCUT2D eigenvalue weighted by Crippen LogP contribution is -2.32. The van der Waals surface area contributed by atoms with Gasteiger partial charge in [0.05, 0.1) is 5.56 Å². The van der Waals surface area contributed by atoms with Crippen molar-refractivity contribution in [3.8, 4) is 0 Å². The quantitative estimate of drug-likeness (QED) is 0.616. The predicted molar refractivity (Wildman–Crippen MR) is 104 cm³/mol. The standard InChI is InChI=1S/C20H21F3N6O/c21-20(22,23)14-7-8-17(24-10-14)25-11-15-9-13(19(30)28-15)3-1-4-16-5-2-6-18-26-12-27-29(16)18/h2,5-8,10,12-13,15H,1,3-4,9,11H2,(H,24,25)(H,28,30)/t13-,15-/m0/s1. The van der Waals surface area contributed by atoms with Crippen molar-refractivity contribution in [2.24, 2.45) is 5.92 Å². The van der Waals surface area contributed by atoms with E-state index in [-0.39, 0.29) is 17.9 Å². The molecule has 1 saturated heterocycles. The Morgan fingerprint density at radius 2 is 2.07 bits per heavy atom. The molecule has 4 heterocycles. The average Bonchev–Trinajstić information content (AvgIpc) is 3.33. The lowest BCUT2D eigenvalue weighted by Gasteiger charge is -2.13. The third-order valence-electron chi connectivity index (χ3n) is 5.27. The minimum Gasteiger partial charge on any atom is -0.368 e. The number of nitrogens with one attached hydrogen (secondary N) is 2. The van der Waals surface area contributed by atoms with Gasteiger partial charge in [0, 0.05) is 30.4 Å². The summed E-state index contributed by atoms with van der Waals surface area (Å²) in [5.74, 6) is 0.287. The van der Waals surface area contributed by atoms with E-state index in [0.29, 0.717) is 18.8 Å². The molecule has 2 atom stereocenters. The normalized spacial score (nSPS) is 19.2. The number of pyridine rings is 2. The van der Waals surface area contributed by atoms with Gasteiger partial charge in [-0.1, -0.05) is 6.07 Å². The second kappa shape index (κ2) is 8.29. The highest BCUT2D eigenvalue weighted by molar-refractivity contribution is 5.81.